The van der Waals surface area contributed by atoms with Crippen LogP contribution in [0.25, 0.3) is 0 Å². The monoisotopic (exact) mass is 254 g/mol. The molecule has 3 heteroatoms. The molecule has 1 aliphatic heterocycles. The molecule has 3 nitrogen and oxygen atoms in total. The molecule has 0 aliphatic carbocycles. The Bertz CT molecular complexity index is 575. The zero-order chi connectivity index (χ0) is 13.2. The lowest BCUT2D eigenvalue weighted by Crippen LogP contribution is -2.17. The third-order valence-corrected chi connectivity index (χ3v) is 3.86. The molecule has 2 aromatic rings. The van der Waals surface area contributed by atoms with E-state index in [0.717, 1.165) is 25.2 Å². The summed E-state index contributed by atoms with van der Waals surface area (Å²) in [5, 5.41) is 0. The lowest BCUT2D eigenvalue weighted by atomic mass is 9.86. The standard InChI is InChI=1S/C16H18N2O/c1-11-6-8-18-16(17)14(11)10-12-7-9-19-15-5-3-2-4-13(12)15/h2-6,8,12H,7,9-10H2,1H3,(H2,17,18). The number of hydrogen-bond donors (Lipinski definition) is 1. The molecule has 0 radical (unpaired) electrons. The maximum Gasteiger partial charge on any atom is 0.126 e. The van der Waals surface area contributed by atoms with Gasteiger partial charge in [-0.3, -0.25) is 0 Å². The third kappa shape index (κ3) is 2.28. The Hall–Kier alpha value is -2.03. The van der Waals surface area contributed by atoms with Crippen LogP contribution in [0.5, 0.6) is 5.75 Å². The molecule has 0 saturated carbocycles. The number of ether oxygens (including phenoxy) is 1. The van der Waals surface area contributed by atoms with Crippen LogP contribution in [0.4, 0.5) is 5.82 Å². The van der Waals surface area contributed by atoms with Gasteiger partial charge in [0.15, 0.2) is 0 Å². The number of nitrogens with two attached hydrogens (primary N) is 1. The van der Waals surface area contributed by atoms with Crippen molar-refractivity contribution in [3.63, 3.8) is 0 Å². The predicted molar refractivity (Wildman–Crippen MR) is 76.4 cm³/mol. The average molecular weight is 254 g/mol. The van der Waals surface area contributed by atoms with Gasteiger partial charge in [0.1, 0.15) is 11.6 Å². The normalized spacial score (nSPS) is 17.6. The highest BCUT2D eigenvalue weighted by Gasteiger charge is 2.22. The van der Waals surface area contributed by atoms with E-state index in [2.05, 4.69) is 24.0 Å². The number of hydrogen-bond acceptors (Lipinski definition) is 3. The van der Waals surface area contributed by atoms with E-state index in [-0.39, 0.29) is 0 Å². The molecule has 1 aliphatic rings. The molecule has 1 atom stereocenters. The first kappa shape index (κ1) is 12.0. The van der Waals surface area contributed by atoms with E-state index in [9.17, 15) is 0 Å². The molecular weight excluding hydrogens is 236 g/mol. The molecule has 19 heavy (non-hydrogen) atoms. The summed E-state index contributed by atoms with van der Waals surface area (Å²) < 4.78 is 5.70. The van der Waals surface area contributed by atoms with Gasteiger partial charge in [-0.25, -0.2) is 4.98 Å². The Balaban J connectivity index is 1.93. The molecule has 0 spiro atoms. The van der Waals surface area contributed by atoms with Gasteiger partial charge in [0.25, 0.3) is 0 Å². The van der Waals surface area contributed by atoms with Gasteiger partial charge in [0.05, 0.1) is 6.61 Å². The summed E-state index contributed by atoms with van der Waals surface area (Å²) >= 11 is 0. The predicted octanol–water partition coefficient (Wildman–Crippen LogP) is 3.08. The maximum atomic E-state index is 6.02. The molecule has 98 valence electrons. The van der Waals surface area contributed by atoms with E-state index in [0.29, 0.717) is 11.7 Å². The number of aryl methyl sites for hydroxylation is 1. The lowest BCUT2D eigenvalue weighted by molar-refractivity contribution is 0.266. The lowest BCUT2D eigenvalue weighted by Gasteiger charge is -2.26. The Morgan fingerprint density at radius 2 is 2.16 bits per heavy atom. The van der Waals surface area contributed by atoms with Crippen LogP contribution in [-0.4, -0.2) is 11.6 Å². The fourth-order valence-corrected chi connectivity index (χ4v) is 2.75. The van der Waals surface area contributed by atoms with Gasteiger partial charge in [0.2, 0.25) is 0 Å². The van der Waals surface area contributed by atoms with E-state index >= 15 is 0 Å². The van der Waals surface area contributed by atoms with Gasteiger partial charge in [-0.15, -0.1) is 0 Å². The minimum atomic E-state index is 0.468. The van der Waals surface area contributed by atoms with Crippen molar-refractivity contribution in [2.45, 2.75) is 25.7 Å². The Morgan fingerprint density at radius 3 is 3.00 bits per heavy atom. The van der Waals surface area contributed by atoms with Gasteiger partial charge in [-0.2, -0.15) is 0 Å². The number of nitrogen functional groups attached to an aromatic ring is 1. The SMILES string of the molecule is Cc1ccnc(N)c1CC1CCOc2ccccc21. The number of benzene rings is 1. The number of rotatable bonds is 2. The highest BCUT2D eigenvalue weighted by molar-refractivity contribution is 5.46. The van der Waals surface area contributed by atoms with Crippen molar-refractivity contribution >= 4 is 5.82 Å². The Kier molecular flexibility index (Phi) is 3.11. The van der Waals surface area contributed by atoms with Crippen molar-refractivity contribution in [2.24, 2.45) is 0 Å². The second-order valence-electron chi connectivity index (χ2n) is 5.07. The van der Waals surface area contributed by atoms with Crippen molar-refractivity contribution in [1.29, 1.82) is 0 Å². The quantitative estimate of drug-likeness (QED) is 0.896. The van der Waals surface area contributed by atoms with E-state index in [1.54, 1.807) is 6.20 Å². The van der Waals surface area contributed by atoms with Crippen molar-refractivity contribution in [3.05, 3.63) is 53.2 Å². The van der Waals surface area contributed by atoms with E-state index in [4.69, 9.17) is 10.5 Å². The minimum absolute atomic E-state index is 0.468. The zero-order valence-corrected chi connectivity index (χ0v) is 11.1. The van der Waals surface area contributed by atoms with Gasteiger partial charge in [-0.1, -0.05) is 18.2 Å². The summed E-state index contributed by atoms with van der Waals surface area (Å²) in [7, 11) is 0. The molecule has 1 aromatic carbocycles. The first-order valence-corrected chi connectivity index (χ1v) is 6.67. The summed E-state index contributed by atoms with van der Waals surface area (Å²) in [6.07, 6.45) is 3.74. The molecule has 1 unspecified atom stereocenters. The highest BCUT2D eigenvalue weighted by Crippen LogP contribution is 2.36. The van der Waals surface area contributed by atoms with Crippen molar-refractivity contribution in [3.8, 4) is 5.75 Å². The van der Waals surface area contributed by atoms with Crippen molar-refractivity contribution in [2.75, 3.05) is 12.3 Å². The van der Waals surface area contributed by atoms with E-state index < -0.39 is 0 Å². The molecule has 3 rings (SSSR count). The number of para-hydroxylation sites is 1. The molecule has 0 fully saturated rings. The van der Waals surface area contributed by atoms with Crippen LogP contribution < -0.4 is 10.5 Å². The molecule has 2 heterocycles. The highest BCUT2D eigenvalue weighted by atomic mass is 16.5. The van der Waals surface area contributed by atoms with Crippen molar-refractivity contribution in [1.82, 2.24) is 4.98 Å². The number of anilines is 1. The largest absolute Gasteiger partial charge is 0.493 e. The minimum Gasteiger partial charge on any atom is -0.493 e. The number of pyridine rings is 1. The van der Waals surface area contributed by atoms with Gasteiger partial charge in [0, 0.05) is 6.20 Å². The maximum absolute atomic E-state index is 6.02. The molecule has 0 bridgehead atoms. The number of aromatic nitrogens is 1. The van der Waals surface area contributed by atoms with Crippen LogP contribution in [0.2, 0.25) is 0 Å². The topological polar surface area (TPSA) is 48.1 Å². The summed E-state index contributed by atoms with van der Waals surface area (Å²) in [5.41, 5.74) is 9.69. The summed E-state index contributed by atoms with van der Waals surface area (Å²) in [4.78, 5) is 4.21. The average Bonchev–Trinajstić information content (AvgIpc) is 2.43. The summed E-state index contributed by atoms with van der Waals surface area (Å²) in [6.45, 7) is 2.87. The molecule has 1 aromatic heterocycles. The van der Waals surface area contributed by atoms with Crippen LogP contribution in [0.1, 0.15) is 29.0 Å². The van der Waals surface area contributed by atoms with Crippen LogP contribution in [0, 0.1) is 6.92 Å². The van der Waals surface area contributed by atoms with Crippen LogP contribution >= 0.6 is 0 Å². The second kappa shape index (κ2) is 4.92. The van der Waals surface area contributed by atoms with Crippen LogP contribution in [0.15, 0.2) is 36.5 Å². The Morgan fingerprint density at radius 1 is 1.32 bits per heavy atom. The first-order chi connectivity index (χ1) is 9.25. The summed E-state index contributed by atoms with van der Waals surface area (Å²) in [6, 6.07) is 10.3. The van der Waals surface area contributed by atoms with Crippen LogP contribution in [-0.2, 0) is 6.42 Å². The summed E-state index contributed by atoms with van der Waals surface area (Å²) in [5.74, 6) is 2.14. The molecule has 0 amide bonds. The first-order valence-electron chi connectivity index (χ1n) is 6.67. The van der Waals surface area contributed by atoms with Crippen LogP contribution in [0.3, 0.4) is 0 Å². The Labute approximate surface area is 113 Å². The van der Waals surface area contributed by atoms with Gasteiger partial charge < -0.3 is 10.5 Å². The van der Waals surface area contributed by atoms with Gasteiger partial charge >= 0.3 is 0 Å². The van der Waals surface area contributed by atoms with Crippen molar-refractivity contribution < 1.29 is 4.74 Å². The molecule has 2 N–H and O–H groups in total. The fraction of sp³-hybridized carbons (Fsp3) is 0.312. The fourth-order valence-electron chi connectivity index (χ4n) is 2.75. The number of nitrogens with zero attached hydrogens (tertiary/aromatic N) is 1. The van der Waals surface area contributed by atoms with Gasteiger partial charge in [-0.05, 0) is 54.5 Å². The second-order valence-corrected chi connectivity index (χ2v) is 5.07. The molecule has 0 saturated heterocycles. The van der Waals surface area contributed by atoms with E-state index in [1.165, 1.54) is 16.7 Å². The smallest absolute Gasteiger partial charge is 0.126 e. The molecular formula is C16H18N2O. The third-order valence-electron chi connectivity index (χ3n) is 3.86. The zero-order valence-electron chi connectivity index (χ0n) is 11.1. The number of fused-ring (bicyclic) bond motifs is 1. The van der Waals surface area contributed by atoms with E-state index in [1.807, 2.05) is 18.2 Å².